The van der Waals surface area contributed by atoms with Crippen LogP contribution in [0.2, 0.25) is 0 Å². The molecule has 0 amide bonds. The zero-order valence-electron chi connectivity index (χ0n) is 11.4. The monoisotopic (exact) mass is 257 g/mol. The van der Waals surface area contributed by atoms with E-state index in [0.29, 0.717) is 6.42 Å². The van der Waals surface area contributed by atoms with Gasteiger partial charge in [-0.15, -0.1) is 0 Å². The van der Waals surface area contributed by atoms with Crippen LogP contribution in [-0.4, -0.2) is 25.3 Å². The number of ether oxygens (including phenoxy) is 1. The largest absolute Gasteiger partial charge is 0.377 e. The zero-order valence-corrected chi connectivity index (χ0v) is 11.4. The maximum absolute atomic E-state index is 13.2. The van der Waals surface area contributed by atoms with Gasteiger partial charge in [0.15, 0.2) is 11.6 Å². The standard InChI is InChI=1S/C14H21F2NO/c1-5-17-13(14(2,3)18-4)9-10-6-7-11(15)12(16)8-10/h6-8,13,17H,5,9H2,1-4H3. The Bertz CT molecular complexity index is 393. The molecule has 0 aliphatic heterocycles. The Morgan fingerprint density at radius 2 is 1.94 bits per heavy atom. The molecule has 1 atom stereocenters. The quantitative estimate of drug-likeness (QED) is 0.846. The minimum Gasteiger partial charge on any atom is -0.377 e. The molecule has 0 bridgehead atoms. The third kappa shape index (κ3) is 3.75. The number of hydrogen-bond donors (Lipinski definition) is 1. The molecule has 2 nitrogen and oxygen atoms in total. The summed E-state index contributed by atoms with van der Waals surface area (Å²) in [6.45, 7) is 6.74. The number of rotatable bonds is 6. The lowest BCUT2D eigenvalue weighted by Crippen LogP contribution is -2.49. The van der Waals surface area contributed by atoms with Gasteiger partial charge in [-0.1, -0.05) is 13.0 Å². The Labute approximate surface area is 107 Å². The molecule has 102 valence electrons. The van der Waals surface area contributed by atoms with Crippen LogP contribution >= 0.6 is 0 Å². The molecule has 18 heavy (non-hydrogen) atoms. The summed E-state index contributed by atoms with van der Waals surface area (Å²) >= 11 is 0. The molecule has 0 aromatic heterocycles. The van der Waals surface area contributed by atoms with Gasteiger partial charge in [0.2, 0.25) is 0 Å². The summed E-state index contributed by atoms with van der Waals surface area (Å²) < 4.78 is 31.5. The summed E-state index contributed by atoms with van der Waals surface area (Å²) in [6.07, 6.45) is 0.589. The fourth-order valence-electron chi connectivity index (χ4n) is 1.85. The molecular weight excluding hydrogens is 236 g/mol. The normalized spacial score (nSPS) is 13.7. The molecule has 0 aliphatic carbocycles. The molecular formula is C14H21F2NO. The van der Waals surface area contributed by atoms with E-state index in [-0.39, 0.29) is 11.6 Å². The second-order valence-corrected chi connectivity index (χ2v) is 4.87. The van der Waals surface area contributed by atoms with Gasteiger partial charge in [-0.3, -0.25) is 0 Å². The van der Waals surface area contributed by atoms with E-state index in [1.165, 1.54) is 6.07 Å². The van der Waals surface area contributed by atoms with Crippen LogP contribution in [0.4, 0.5) is 8.78 Å². The van der Waals surface area contributed by atoms with E-state index in [1.807, 2.05) is 20.8 Å². The van der Waals surface area contributed by atoms with Gasteiger partial charge in [0.05, 0.1) is 5.60 Å². The summed E-state index contributed by atoms with van der Waals surface area (Å²) in [6, 6.07) is 4.05. The van der Waals surface area contributed by atoms with Crippen molar-refractivity contribution in [2.24, 2.45) is 0 Å². The summed E-state index contributed by atoms with van der Waals surface area (Å²) in [5.74, 6) is -1.62. The number of methoxy groups -OCH3 is 1. The number of likely N-dealkylation sites (N-methyl/N-ethyl adjacent to an activating group) is 1. The predicted molar refractivity (Wildman–Crippen MR) is 68.6 cm³/mol. The Morgan fingerprint density at radius 1 is 1.28 bits per heavy atom. The zero-order chi connectivity index (χ0) is 13.8. The molecule has 4 heteroatoms. The van der Waals surface area contributed by atoms with Crippen molar-refractivity contribution in [1.82, 2.24) is 5.32 Å². The first-order chi connectivity index (χ1) is 8.40. The van der Waals surface area contributed by atoms with E-state index in [4.69, 9.17) is 4.74 Å². The van der Waals surface area contributed by atoms with E-state index in [1.54, 1.807) is 13.2 Å². The lowest BCUT2D eigenvalue weighted by atomic mass is 9.92. The lowest BCUT2D eigenvalue weighted by molar-refractivity contribution is -0.00962. The second-order valence-electron chi connectivity index (χ2n) is 4.87. The first kappa shape index (κ1) is 15.1. The fraction of sp³-hybridized carbons (Fsp3) is 0.571. The average Bonchev–Trinajstić information content (AvgIpc) is 2.33. The predicted octanol–water partition coefficient (Wildman–Crippen LogP) is 2.91. The summed E-state index contributed by atoms with van der Waals surface area (Å²) in [4.78, 5) is 0. The molecule has 1 N–H and O–H groups in total. The molecule has 1 rings (SSSR count). The van der Waals surface area contributed by atoms with Gasteiger partial charge in [0.25, 0.3) is 0 Å². The highest BCUT2D eigenvalue weighted by Crippen LogP contribution is 2.19. The van der Waals surface area contributed by atoms with Crippen molar-refractivity contribution in [3.63, 3.8) is 0 Å². The van der Waals surface area contributed by atoms with Crippen molar-refractivity contribution >= 4 is 0 Å². The van der Waals surface area contributed by atoms with Crippen LogP contribution in [0.15, 0.2) is 18.2 Å². The van der Waals surface area contributed by atoms with Crippen LogP contribution in [0.5, 0.6) is 0 Å². The van der Waals surface area contributed by atoms with Crippen molar-refractivity contribution in [2.45, 2.75) is 38.8 Å². The molecule has 1 unspecified atom stereocenters. The van der Waals surface area contributed by atoms with E-state index >= 15 is 0 Å². The molecule has 1 aromatic rings. The van der Waals surface area contributed by atoms with Gasteiger partial charge in [-0.25, -0.2) is 8.78 Å². The lowest BCUT2D eigenvalue weighted by Gasteiger charge is -2.34. The van der Waals surface area contributed by atoms with Crippen LogP contribution in [0.3, 0.4) is 0 Å². The van der Waals surface area contributed by atoms with E-state index in [9.17, 15) is 8.78 Å². The van der Waals surface area contributed by atoms with Gasteiger partial charge in [-0.05, 0) is 44.5 Å². The van der Waals surface area contributed by atoms with E-state index < -0.39 is 11.6 Å². The number of halogens is 2. The molecule has 0 saturated heterocycles. The topological polar surface area (TPSA) is 21.3 Å². The first-order valence-electron chi connectivity index (χ1n) is 6.13. The molecule has 0 aliphatic rings. The molecule has 0 fully saturated rings. The highest BCUT2D eigenvalue weighted by Gasteiger charge is 2.28. The SMILES string of the molecule is CCNC(Cc1ccc(F)c(F)c1)C(C)(C)OC. The van der Waals surface area contributed by atoms with Crippen molar-refractivity contribution in [3.05, 3.63) is 35.4 Å². The highest BCUT2D eigenvalue weighted by molar-refractivity contribution is 5.19. The van der Waals surface area contributed by atoms with Crippen molar-refractivity contribution in [2.75, 3.05) is 13.7 Å². The van der Waals surface area contributed by atoms with Gasteiger partial charge in [0.1, 0.15) is 0 Å². The number of hydrogen-bond acceptors (Lipinski definition) is 2. The smallest absolute Gasteiger partial charge is 0.159 e. The third-order valence-corrected chi connectivity index (χ3v) is 3.24. The van der Waals surface area contributed by atoms with Crippen molar-refractivity contribution < 1.29 is 13.5 Å². The molecule has 0 radical (unpaired) electrons. The third-order valence-electron chi connectivity index (χ3n) is 3.24. The van der Waals surface area contributed by atoms with Crippen molar-refractivity contribution in [3.8, 4) is 0 Å². The van der Waals surface area contributed by atoms with Crippen molar-refractivity contribution in [1.29, 1.82) is 0 Å². The molecule has 1 aromatic carbocycles. The maximum atomic E-state index is 13.2. The maximum Gasteiger partial charge on any atom is 0.159 e. The highest BCUT2D eigenvalue weighted by atomic mass is 19.2. The second kappa shape index (κ2) is 6.25. The van der Waals surface area contributed by atoms with Gasteiger partial charge < -0.3 is 10.1 Å². The summed E-state index contributed by atoms with van der Waals surface area (Å²) in [5.41, 5.74) is 0.380. The summed E-state index contributed by atoms with van der Waals surface area (Å²) in [5, 5.41) is 3.32. The number of benzene rings is 1. The van der Waals surface area contributed by atoms with Gasteiger partial charge in [0, 0.05) is 13.2 Å². The van der Waals surface area contributed by atoms with Crippen LogP contribution in [0.1, 0.15) is 26.3 Å². The van der Waals surface area contributed by atoms with E-state index in [2.05, 4.69) is 5.32 Å². The average molecular weight is 257 g/mol. The van der Waals surface area contributed by atoms with Crippen LogP contribution in [-0.2, 0) is 11.2 Å². The Morgan fingerprint density at radius 3 is 2.44 bits per heavy atom. The summed E-state index contributed by atoms with van der Waals surface area (Å²) in [7, 11) is 1.65. The van der Waals surface area contributed by atoms with E-state index in [0.717, 1.165) is 18.2 Å². The minimum absolute atomic E-state index is 0.0392. The van der Waals surface area contributed by atoms with Crippen LogP contribution in [0.25, 0.3) is 0 Å². The molecule has 0 heterocycles. The first-order valence-corrected chi connectivity index (χ1v) is 6.13. The fourth-order valence-corrected chi connectivity index (χ4v) is 1.85. The van der Waals surface area contributed by atoms with Gasteiger partial charge >= 0.3 is 0 Å². The Hall–Kier alpha value is -1.00. The van der Waals surface area contributed by atoms with Gasteiger partial charge in [-0.2, -0.15) is 0 Å². The Balaban J connectivity index is 2.86. The van der Waals surface area contributed by atoms with Crippen LogP contribution < -0.4 is 5.32 Å². The number of nitrogens with one attached hydrogen (secondary N) is 1. The Kier molecular flexibility index (Phi) is 5.23. The minimum atomic E-state index is -0.815. The molecule has 0 saturated carbocycles. The molecule has 0 spiro atoms. The van der Waals surface area contributed by atoms with Crippen LogP contribution in [0, 0.1) is 11.6 Å².